The lowest BCUT2D eigenvalue weighted by molar-refractivity contribution is 0.112. The van der Waals surface area contributed by atoms with E-state index in [1.807, 2.05) is 19.2 Å². The number of aromatic nitrogens is 1. The lowest BCUT2D eigenvalue weighted by Gasteiger charge is -2.38. The average molecular weight is 319 g/mol. The number of carbonyl (C=O) groups excluding carboxylic acids is 1. The average Bonchev–Trinajstić information content (AvgIpc) is 2.57. The maximum absolute atomic E-state index is 12.5. The Morgan fingerprint density at radius 2 is 2.09 bits per heavy atom. The highest BCUT2D eigenvalue weighted by atomic mass is 16.2. The van der Waals surface area contributed by atoms with Crippen LogP contribution in [0.25, 0.3) is 0 Å². The molecular weight excluding hydrogens is 290 g/mol. The summed E-state index contributed by atoms with van der Waals surface area (Å²) in [5.41, 5.74) is 1.12. The number of rotatable bonds is 5. The molecule has 23 heavy (non-hydrogen) atoms. The summed E-state index contributed by atoms with van der Waals surface area (Å²) in [6, 6.07) is 4.37. The molecule has 6 heteroatoms. The predicted molar refractivity (Wildman–Crippen MR) is 92.3 cm³/mol. The normalized spacial score (nSPS) is 21.0. The summed E-state index contributed by atoms with van der Waals surface area (Å²) >= 11 is 0. The summed E-state index contributed by atoms with van der Waals surface area (Å²) in [5, 5.41) is 3.09. The van der Waals surface area contributed by atoms with Crippen LogP contribution >= 0.6 is 0 Å². The van der Waals surface area contributed by atoms with E-state index in [0.29, 0.717) is 12.6 Å². The smallest absolute Gasteiger partial charge is 0.317 e. The Labute approximate surface area is 139 Å². The maximum atomic E-state index is 12.5. The zero-order valence-corrected chi connectivity index (χ0v) is 14.7. The molecule has 0 unspecified atom stereocenters. The fourth-order valence-corrected chi connectivity index (χ4v) is 3.11. The van der Waals surface area contributed by atoms with Crippen LogP contribution in [0.2, 0.25) is 0 Å². The van der Waals surface area contributed by atoms with Gasteiger partial charge in [-0.15, -0.1) is 0 Å². The van der Waals surface area contributed by atoms with Gasteiger partial charge in [0.2, 0.25) is 0 Å². The highest BCUT2D eigenvalue weighted by Crippen LogP contribution is 2.22. The number of piperazine rings is 1. The summed E-state index contributed by atoms with van der Waals surface area (Å²) in [4.78, 5) is 23.0. The van der Waals surface area contributed by atoms with E-state index in [1.165, 1.54) is 0 Å². The van der Waals surface area contributed by atoms with Crippen LogP contribution in [0.5, 0.6) is 0 Å². The number of urea groups is 1. The van der Waals surface area contributed by atoms with Crippen molar-refractivity contribution in [1.82, 2.24) is 25.0 Å². The first-order valence-corrected chi connectivity index (χ1v) is 8.32. The topological polar surface area (TPSA) is 51.7 Å². The van der Waals surface area contributed by atoms with Crippen molar-refractivity contribution in [2.24, 2.45) is 0 Å². The fourth-order valence-electron chi connectivity index (χ4n) is 3.11. The van der Waals surface area contributed by atoms with Crippen LogP contribution in [-0.4, -0.2) is 79.1 Å². The molecule has 1 aromatic heterocycles. The minimum absolute atomic E-state index is 0.0183. The van der Waals surface area contributed by atoms with Gasteiger partial charge in [0.05, 0.1) is 6.04 Å². The second-order valence-electron chi connectivity index (χ2n) is 6.40. The molecule has 2 heterocycles. The van der Waals surface area contributed by atoms with Crippen molar-refractivity contribution in [2.75, 3.05) is 47.3 Å². The van der Waals surface area contributed by atoms with Crippen LogP contribution in [0.3, 0.4) is 0 Å². The van der Waals surface area contributed by atoms with Gasteiger partial charge < -0.3 is 15.1 Å². The number of likely N-dealkylation sites (N-methyl/N-ethyl adjacent to an activating group) is 2. The van der Waals surface area contributed by atoms with Crippen molar-refractivity contribution in [3.8, 4) is 0 Å². The monoisotopic (exact) mass is 319 g/mol. The standard InChI is InChI=1S/C17H29N5O/c1-5-16(14-6-8-18-9-7-14)22(4)17(23)19-12-15-13-20(2)10-11-21(15)3/h6-9,15-16H,5,10-13H2,1-4H3,(H,19,23)/t15-,16+/m0/s1. The van der Waals surface area contributed by atoms with E-state index in [4.69, 9.17) is 0 Å². The third-order valence-electron chi connectivity index (χ3n) is 4.73. The maximum Gasteiger partial charge on any atom is 0.317 e. The molecule has 0 aliphatic carbocycles. The van der Waals surface area contributed by atoms with E-state index >= 15 is 0 Å². The molecule has 1 fully saturated rings. The molecular formula is C17H29N5O. The Hall–Kier alpha value is -1.66. The van der Waals surface area contributed by atoms with Crippen LogP contribution < -0.4 is 5.32 Å². The second-order valence-corrected chi connectivity index (χ2v) is 6.40. The van der Waals surface area contributed by atoms with Crippen molar-refractivity contribution < 1.29 is 4.79 Å². The Morgan fingerprint density at radius 1 is 1.39 bits per heavy atom. The highest BCUT2D eigenvalue weighted by molar-refractivity contribution is 5.74. The van der Waals surface area contributed by atoms with Gasteiger partial charge in [0, 0.05) is 51.7 Å². The fraction of sp³-hybridized carbons (Fsp3) is 0.647. The van der Waals surface area contributed by atoms with Gasteiger partial charge in [-0.25, -0.2) is 4.79 Å². The molecule has 0 radical (unpaired) electrons. The van der Waals surface area contributed by atoms with Crippen LogP contribution in [0, 0.1) is 0 Å². The van der Waals surface area contributed by atoms with Gasteiger partial charge in [0.25, 0.3) is 0 Å². The van der Waals surface area contributed by atoms with Crippen LogP contribution in [0.15, 0.2) is 24.5 Å². The third kappa shape index (κ3) is 4.65. The Morgan fingerprint density at radius 3 is 2.74 bits per heavy atom. The minimum Gasteiger partial charge on any atom is -0.336 e. The molecule has 1 aromatic rings. The molecule has 0 spiro atoms. The number of nitrogens with one attached hydrogen (secondary N) is 1. The van der Waals surface area contributed by atoms with E-state index in [1.54, 1.807) is 17.3 Å². The number of amides is 2. The summed E-state index contributed by atoms with van der Waals surface area (Å²) in [6.07, 6.45) is 4.42. The zero-order chi connectivity index (χ0) is 16.8. The number of carbonyl (C=O) groups is 1. The van der Waals surface area contributed by atoms with Crippen LogP contribution in [0.1, 0.15) is 24.9 Å². The van der Waals surface area contributed by atoms with Crippen LogP contribution in [-0.2, 0) is 0 Å². The molecule has 1 saturated heterocycles. The number of nitrogens with zero attached hydrogens (tertiary/aromatic N) is 4. The molecule has 6 nitrogen and oxygen atoms in total. The van der Waals surface area contributed by atoms with Gasteiger partial charge in [-0.3, -0.25) is 9.88 Å². The molecule has 1 aliphatic heterocycles. The molecule has 2 amide bonds. The first-order chi connectivity index (χ1) is 11.0. The van der Waals surface area contributed by atoms with E-state index < -0.39 is 0 Å². The Kier molecular flexibility index (Phi) is 6.36. The molecule has 0 saturated carbocycles. The van der Waals surface area contributed by atoms with Gasteiger partial charge in [-0.1, -0.05) is 6.92 Å². The first kappa shape index (κ1) is 17.7. The minimum atomic E-state index is -0.0183. The van der Waals surface area contributed by atoms with Crippen molar-refractivity contribution >= 4 is 6.03 Å². The number of hydrogen-bond acceptors (Lipinski definition) is 4. The molecule has 1 aliphatic rings. The van der Waals surface area contributed by atoms with Crippen molar-refractivity contribution in [1.29, 1.82) is 0 Å². The second kappa shape index (κ2) is 8.26. The van der Waals surface area contributed by atoms with Gasteiger partial charge in [0.15, 0.2) is 0 Å². The van der Waals surface area contributed by atoms with Gasteiger partial charge in [0.1, 0.15) is 0 Å². The lowest BCUT2D eigenvalue weighted by atomic mass is 10.1. The van der Waals surface area contributed by atoms with Crippen molar-refractivity contribution in [2.45, 2.75) is 25.4 Å². The summed E-state index contributed by atoms with van der Waals surface area (Å²) < 4.78 is 0. The number of pyridine rings is 1. The van der Waals surface area contributed by atoms with E-state index in [0.717, 1.165) is 31.6 Å². The van der Waals surface area contributed by atoms with E-state index in [-0.39, 0.29) is 12.1 Å². The molecule has 1 N–H and O–H groups in total. The number of hydrogen-bond donors (Lipinski definition) is 1. The van der Waals surface area contributed by atoms with Crippen molar-refractivity contribution in [3.63, 3.8) is 0 Å². The Balaban J connectivity index is 1.91. The highest BCUT2D eigenvalue weighted by Gasteiger charge is 2.24. The molecule has 2 atom stereocenters. The predicted octanol–water partition coefficient (Wildman–Crippen LogP) is 1.42. The summed E-state index contributed by atoms with van der Waals surface area (Å²) in [5.74, 6) is 0. The van der Waals surface area contributed by atoms with Gasteiger partial charge >= 0.3 is 6.03 Å². The molecule has 0 aromatic carbocycles. The summed E-state index contributed by atoms with van der Waals surface area (Å²) in [6.45, 7) is 5.89. The van der Waals surface area contributed by atoms with Crippen molar-refractivity contribution in [3.05, 3.63) is 30.1 Å². The summed E-state index contributed by atoms with van der Waals surface area (Å²) in [7, 11) is 6.12. The van der Waals surface area contributed by atoms with E-state index in [2.05, 4.69) is 41.1 Å². The largest absolute Gasteiger partial charge is 0.336 e. The third-order valence-corrected chi connectivity index (χ3v) is 4.73. The zero-order valence-electron chi connectivity index (χ0n) is 14.7. The SMILES string of the molecule is CC[C@H](c1ccncc1)N(C)C(=O)NC[C@H]1CN(C)CCN1C. The molecule has 0 bridgehead atoms. The molecule has 128 valence electrons. The van der Waals surface area contributed by atoms with Gasteiger partial charge in [-0.05, 0) is 38.2 Å². The Bertz CT molecular complexity index is 495. The van der Waals surface area contributed by atoms with Crippen LogP contribution in [0.4, 0.5) is 4.79 Å². The van der Waals surface area contributed by atoms with Gasteiger partial charge in [-0.2, -0.15) is 0 Å². The lowest BCUT2D eigenvalue weighted by Crippen LogP contribution is -2.55. The first-order valence-electron chi connectivity index (χ1n) is 8.32. The molecule has 2 rings (SSSR count). The quantitative estimate of drug-likeness (QED) is 0.892. The van der Waals surface area contributed by atoms with E-state index in [9.17, 15) is 4.79 Å².